The van der Waals surface area contributed by atoms with Crippen molar-refractivity contribution in [1.29, 1.82) is 0 Å². The average molecular weight is 153 g/mol. The van der Waals surface area contributed by atoms with Gasteiger partial charge in [0.1, 0.15) is 0 Å². The van der Waals surface area contributed by atoms with E-state index in [0.717, 1.165) is 0 Å². The van der Waals surface area contributed by atoms with Gasteiger partial charge in [0, 0.05) is 12.0 Å². The highest BCUT2D eigenvalue weighted by atomic mass is 35.5. The van der Waals surface area contributed by atoms with Crippen LogP contribution in [0.3, 0.4) is 0 Å². The Hall–Kier alpha value is -0.0100. The molecule has 0 aromatic rings. The Bertz CT molecular complexity index is 133. The molecule has 0 saturated heterocycles. The van der Waals surface area contributed by atoms with Crippen molar-refractivity contribution in [3.8, 4) is 0 Å². The average Bonchev–Trinajstić information content (AvgIpc) is 1.64. The third kappa shape index (κ3) is 2.34. The molecular formula is C5H6Cl2O. The van der Waals surface area contributed by atoms with E-state index in [1.807, 2.05) is 0 Å². The number of halogens is 2. The highest BCUT2D eigenvalue weighted by Crippen LogP contribution is 2.12. The van der Waals surface area contributed by atoms with Gasteiger partial charge < -0.3 is 0 Å². The van der Waals surface area contributed by atoms with E-state index < -0.39 is 0 Å². The number of ketones is 1. The van der Waals surface area contributed by atoms with Crippen molar-refractivity contribution in [3.63, 3.8) is 0 Å². The minimum absolute atomic E-state index is 0.117. The van der Waals surface area contributed by atoms with Crippen LogP contribution in [-0.2, 0) is 4.79 Å². The lowest BCUT2D eigenvalue weighted by molar-refractivity contribution is -0.113. The van der Waals surface area contributed by atoms with Gasteiger partial charge in [-0.1, -0.05) is 23.2 Å². The van der Waals surface area contributed by atoms with Crippen LogP contribution < -0.4 is 0 Å². The molecule has 0 aromatic heterocycles. The maximum atomic E-state index is 10.3. The number of carbonyl (C=O) groups excluding carboxylic acids is 1. The predicted octanol–water partition coefficient (Wildman–Crippen LogP) is 2.28. The van der Waals surface area contributed by atoms with E-state index in [1.54, 1.807) is 6.92 Å². The van der Waals surface area contributed by atoms with Crippen molar-refractivity contribution >= 4 is 29.0 Å². The van der Waals surface area contributed by atoms with Crippen molar-refractivity contribution in [1.82, 2.24) is 0 Å². The Morgan fingerprint density at radius 3 is 1.62 bits per heavy atom. The molecule has 0 N–H and O–H groups in total. The van der Waals surface area contributed by atoms with E-state index in [-0.39, 0.29) is 10.8 Å². The molecule has 0 amide bonds. The molecule has 0 atom stereocenters. The number of rotatable bonds is 1. The molecular weight excluding hydrogens is 147 g/mol. The summed E-state index contributed by atoms with van der Waals surface area (Å²) in [5, 5.41) is 0.464. The zero-order valence-corrected chi connectivity index (χ0v) is 6.18. The molecule has 3 heteroatoms. The SMILES string of the molecule is CC(=O)/C(Cl)=C(/C)Cl. The molecule has 1 nitrogen and oxygen atoms in total. The molecule has 0 fully saturated rings. The summed E-state index contributed by atoms with van der Waals surface area (Å²) in [7, 11) is 0. The largest absolute Gasteiger partial charge is 0.293 e. The zero-order valence-electron chi connectivity index (χ0n) is 4.66. The highest BCUT2D eigenvalue weighted by molar-refractivity contribution is 6.47. The fourth-order valence-electron chi connectivity index (χ4n) is 0.243. The van der Waals surface area contributed by atoms with Crippen molar-refractivity contribution in [2.75, 3.05) is 0 Å². The maximum absolute atomic E-state index is 10.3. The zero-order chi connectivity index (χ0) is 6.73. The van der Waals surface area contributed by atoms with Crippen molar-refractivity contribution in [3.05, 3.63) is 10.1 Å². The lowest BCUT2D eigenvalue weighted by Gasteiger charge is -1.88. The van der Waals surface area contributed by atoms with Crippen LogP contribution in [0.1, 0.15) is 13.8 Å². The summed E-state index contributed by atoms with van der Waals surface area (Å²) in [4.78, 5) is 10.3. The maximum Gasteiger partial charge on any atom is 0.172 e. The van der Waals surface area contributed by atoms with Gasteiger partial charge in [-0.15, -0.1) is 0 Å². The summed E-state index contributed by atoms with van der Waals surface area (Å²) in [5.74, 6) is -0.195. The predicted molar refractivity (Wildman–Crippen MR) is 35.1 cm³/mol. The van der Waals surface area contributed by atoms with Crippen LogP contribution in [0.4, 0.5) is 0 Å². The normalized spacial score (nSPS) is 13.0. The smallest absolute Gasteiger partial charge is 0.172 e. The minimum Gasteiger partial charge on any atom is -0.293 e. The number of hydrogen-bond donors (Lipinski definition) is 0. The Morgan fingerprint density at radius 2 is 1.62 bits per heavy atom. The first-order valence-corrected chi connectivity index (χ1v) is 2.84. The molecule has 46 valence electrons. The van der Waals surface area contributed by atoms with Gasteiger partial charge in [-0.3, -0.25) is 4.79 Å². The lowest BCUT2D eigenvalue weighted by Crippen LogP contribution is -1.88. The van der Waals surface area contributed by atoms with E-state index in [1.165, 1.54) is 6.92 Å². The molecule has 0 unspecified atom stereocenters. The van der Waals surface area contributed by atoms with Gasteiger partial charge in [-0.05, 0) is 6.92 Å². The molecule has 0 aliphatic carbocycles. The first-order valence-electron chi connectivity index (χ1n) is 2.08. The van der Waals surface area contributed by atoms with Gasteiger partial charge in [0.25, 0.3) is 0 Å². The number of allylic oxidation sites excluding steroid dienone is 2. The van der Waals surface area contributed by atoms with Gasteiger partial charge in [0.2, 0.25) is 0 Å². The molecule has 0 saturated carbocycles. The summed E-state index contributed by atoms with van der Waals surface area (Å²) in [6.07, 6.45) is 0. The second kappa shape index (κ2) is 3.10. The van der Waals surface area contributed by atoms with Crippen LogP contribution in [0.2, 0.25) is 0 Å². The van der Waals surface area contributed by atoms with Gasteiger partial charge in [0.15, 0.2) is 5.78 Å². The molecule has 8 heavy (non-hydrogen) atoms. The number of carbonyl (C=O) groups is 1. The van der Waals surface area contributed by atoms with Crippen molar-refractivity contribution in [2.24, 2.45) is 0 Å². The Balaban J connectivity index is 4.23. The Labute approximate surface area is 58.3 Å². The summed E-state index contributed by atoms with van der Waals surface area (Å²) >= 11 is 10.7. The topological polar surface area (TPSA) is 17.1 Å². The van der Waals surface area contributed by atoms with Gasteiger partial charge in [-0.2, -0.15) is 0 Å². The van der Waals surface area contributed by atoms with E-state index in [4.69, 9.17) is 23.2 Å². The quantitative estimate of drug-likeness (QED) is 0.528. The molecule has 0 rings (SSSR count). The summed E-state index contributed by atoms with van der Waals surface area (Å²) in [5.41, 5.74) is 0. The van der Waals surface area contributed by atoms with Crippen LogP contribution in [0.25, 0.3) is 0 Å². The molecule has 0 aromatic carbocycles. The summed E-state index contributed by atoms with van der Waals surface area (Å²) in [6, 6.07) is 0. The van der Waals surface area contributed by atoms with Crippen molar-refractivity contribution in [2.45, 2.75) is 13.8 Å². The Kier molecular flexibility index (Phi) is 3.10. The Morgan fingerprint density at radius 1 is 1.25 bits per heavy atom. The molecule has 0 aliphatic heterocycles. The fraction of sp³-hybridized carbons (Fsp3) is 0.400. The summed E-state index contributed by atoms with van der Waals surface area (Å²) in [6.45, 7) is 2.94. The van der Waals surface area contributed by atoms with Crippen LogP contribution >= 0.6 is 23.2 Å². The standard InChI is InChI=1S/C5H6Cl2O/c1-3(6)5(7)4(2)8/h1-2H3/b5-3+. The number of hydrogen-bond acceptors (Lipinski definition) is 1. The van der Waals surface area contributed by atoms with E-state index in [2.05, 4.69) is 0 Å². The van der Waals surface area contributed by atoms with Gasteiger partial charge >= 0.3 is 0 Å². The number of Topliss-reactive ketones (excluding diaryl/α,β-unsaturated/α-hetero) is 1. The third-order valence-electron chi connectivity index (χ3n) is 0.612. The first-order chi connectivity index (χ1) is 3.55. The molecule has 0 aliphatic rings. The van der Waals surface area contributed by atoms with Crippen LogP contribution in [0.15, 0.2) is 10.1 Å². The van der Waals surface area contributed by atoms with E-state index >= 15 is 0 Å². The van der Waals surface area contributed by atoms with Gasteiger partial charge in [0.05, 0.1) is 5.03 Å². The molecule has 0 heterocycles. The lowest BCUT2D eigenvalue weighted by atomic mass is 10.4. The molecule has 0 bridgehead atoms. The third-order valence-corrected chi connectivity index (χ3v) is 1.45. The minimum atomic E-state index is -0.195. The van der Waals surface area contributed by atoms with Crippen molar-refractivity contribution < 1.29 is 4.79 Å². The van der Waals surface area contributed by atoms with Crippen LogP contribution in [-0.4, -0.2) is 5.78 Å². The van der Waals surface area contributed by atoms with Crippen LogP contribution in [0, 0.1) is 0 Å². The van der Waals surface area contributed by atoms with Gasteiger partial charge in [-0.25, -0.2) is 0 Å². The molecule has 0 radical (unpaired) electrons. The monoisotopic (exact) mass is 152 g/mol. The van der Waals surface area contributed by atoms with E-state index in [0.29, 0.717) is 5.03 Å². The molecule has 0 spiro atoms. The summed E-state index contributed by atoms with van der Waals surface area (Å²) < 4.78 is 0. The second-order valence-corrected chi connectivity index (χ2v) is 2.35. The second-order valence-electron chi connectivity index (χ2n) is 1.40. The fourth-order valence-corrected chi connectivity index (χ4v) is 0.376. The first kappa shape index (κ1) is 7.99. The van der Waals surface area contributed by atoms with E-state index in [9.17, 15) is 4.79 Å². The highest BCUT2D eigenvalue weighted by Gasteiger charge is 2.00. The van der Waals surface area contributed by atoms with Crippen LogP contribution in [0.5, 0.6) is 0 Å².